The van der Waals surface area contributed by atoms with Gasteiger partial charge < -0.3 is 15.2 Å². The Morgan fingerprint density at radius 2 is 1.83 bits per heavy atom. The molecule has 1 aromatic rings. The van der Waals surface area contributed by atoms with Gasteiger partial charge in [-0.15, -0.1) is 0 Å². The van der Waals surface area contributed by atoms with Crippen molar-refractivity contribution in [3.8, 4) is 5.75 Å². The number of hydrogen-bond acceptors (Lipinski definition) is 3. The summed E-state index contributed by atoms with van der Waals surface area (Å²) in [4.78, 5) is 0. The number of hydrogen-bond donors (Lipinski definition) is 2. The molecule has 0 saturated carbocycles. The summed E-state index contributed by atoms with van der Waals surface area (Å²) >= 11 is 0. The Bertz CT molecular complexity index is 335. The van der Waals surface area contributed by atoms with Crippen LogP contribution >= 0.6 is 0 Å². The summed E-state index contributed by atoms with van der Waals surface area (Å²) in [5, 5.41) is 13.2. The highest BCUT2D eigenvalue weighted by Crippen LogP contribution is 2.20. The fourth-order valence-corrected chi connectivity index (χ4v) is 1.83. The second kappa shape index (κ2) is 7.39. The molecule has 102 valence electrons. The summed E-state index contributed by atoms with van der Waals surface area (Å²) in [5.74, 6) is 1.15. The highest BCUT2D eigenvalue weighted by molar-refractivity contribution is 5.29. The van der Waals surface area contributed by atoms with Crippen LogP contribution in [0, 0.1) is 5.92 Å². The van der Waals surface area contributed by atoms with Crippen molar-refractivity contribution in [3.63, 3.8) is 0 Å². The molecule has 1 rings (SSSR count). The first-order valence-electron chi connectivity index (χ1n) is 6.63. The highest BCUT2D eigenvalue weighted by Gasteiger charge is 2.13. The summed E-state index contributed by atoms with van der Waals surface area (Å²) in [6, 6.07) is 8.37. The molecule has 0 saturated heterocycles. The fourth-order valence-electron chi connectivity index (χ4n) is 1.83. The van der Waals surface area contributed by atoms with Gasteiger partial charge >= 0.3 is 0 Å². The Kier molecular flexibility index (Phi) is 6.16. The number of aliphatic hydroxyl groups excluding tert-OH is 1. The van der Waals surface area contributed by atoms with Crippen molar-refractivity contribution in [2.24, 2.45) is 5.92 Å². The zero-order chi connectivity index (χ0) is 13.5. The molecular weight excluding hydrogens is 226 g/mol. The second-order valence-electron chi connectivity index (χ2n) is 4.95. The van der Waals surface area contributed by atoms with Crippen LogP contribution in [0.25, 0.3) is 0 Å². The maximum atomic E-state index is 9.82. The summed E-state index contributed by atoms with van der Waals surface area (Å²) in [5.41, 5.74) is 1.23. The van der Waals surface area contributed by atoms with Crippen LogP contribution in [0.2, 0.25) is 0 Å². The van der Waals surface area contributed by atoms with Gasteiger partial charge in [-0.25, -0.2) is 0 Å². The lowest BCUT2D eigenvalue weighted by Gasteiger charge is -2.21. The Balaban J connectivity index is 2.59. The van der Waals surface area contributed by atoms with Gasteiger partial charge in [-0.05, 0) is 30.0 Å². The van der Waals surface area contributed by atoms with Crippen LogP contribution < -0.4 is 10.1 Å². The zero-order valence-corrected chi connectivity index (χ0v) is 11.8. The third-order valence-electron chi connectivity index (χ3n) is 3.27. The molecule has 0 heterocycles. The van der Waals surface area contributed by atoms with Gasteiger partial charge in [0, 0.05) is 12.6 Å². The van der Waals surface area contributed by atoms with Gasteiger partial charge in [0.2, 0.25) is 0 Å². The minimum atomic E-state index is -0.294. The van der Waals surface area contributed by atoms with E-state index in [0.29, 0.717) is 6.54 Å². The quantitative estimate of drug-likeness (QED) is 0.783. The normalized spacial score (nSPS) is 14.6. The van der Waals surface area contributed by atoms with Gasteiger partial charge in [0.1, 0.15) is 5.75 Å². The summed E-state index contributed by atoms with van der Waals surface area (Å²) in [6.07, 6.45) is 0.703. The maximum absolute atomic E-state index is 9.82. The first-order chi connectivity index (χ1) is 8.58. The SMILES string of the molecule is CCC(NCC(O)C(C)C)c1ccc(OC)cc1. The molecule has 0 bridgehead atoms. The number of benzene rings is 1. The largest absolute Gasteiger partial charge is 0.497 e. The second-order valence-corrected chi connectivity index (χ2v) is 4.95. The molecule has 1 aromatic carbocycles. The van der Waals surface area contributed by atoms with E-state index in [4.69, 9.17) is 4.74 Å². The molecule has 2 unspecified atom stereocenters. The van der Waals surface area contributed by atoms with Crippen molar-refractivity contribution in [3.05, 3.63) is 29.8 Å². The topological polar surface area (TPSA) is 41.5 Å². The molecule has 0 aliphatic rings. The maximum Gasteiger partial charge on any atom is 0.118 e. The number of ether oxygens (including phenoxy) is 1. The zero-order valence-electron chi connectivity index (χ0n) is 11.8. The van der Waals surface area contributed by atoms with E-state index in [1.807, 2.05) is 26.0 Å². The first-order valence-corrected chi connectivity index (χ1v) is 6.63. The van der Waals surface area contributed by atoms with E-state index in [1.54, 1.807) is 7.11 Å². The van der Waals surface area contributed by atoms with Crippen LogP contribution in [-0.2, 0) is 0 Å². The van der Waals surface area contributed by atoms with Crippen LogP contribution in [0.1, 0.15) is 38.8 Å². The average Bonchev–Trinajstić information content (AvgIpc) is 2.39. The molecule has 0 radical (unpaired) electrons. The number of rotatable bonds is 7. The Hall–Kier alpha value is -1.06. The molecule has 0 fully saturated rings. The Morgan fingerprint density at radius 3 is 2.28 bits per heavy atom. The predicted molar refractivity (Wildman–Crippen MR) is 74.9 cm³/mol. The molecule has 3 heteroatoms. The monoisotopic (exact) mass is 251 g/mol. The van der Waals surface area contributed by atoms with E-state index in [0.717, 1.165) is 12.2 Å². The molecule has 18 heavy (non-hydrogen) atoms. The van der Waals surface area contributed by atoms with Crippen molar-refractivity contribution in [2.45, 2.75) is 39.3 Å². The van der Waals surface area contributed by atoms with Gasteiger partial charge in [-0.3, -0.25) is 0 Å². The smallest absolute Gasteiger partial charge is 0.118 e. The van der Waals surface area contributed by atoms with Crippen molar-refractivity contribution in [1.82, 2.24) is 5.32 Å². The number of aliphatic hydroxyl groups is 1. The Morgan fingerprint density at radius 1 is 1.22 bits per heavy atom. The van der Waals surface area contributed by atoms with E-state index < -0.39 is 0 Å². The van der Waals surface area contributed by atoms with Crippen LogP contribution in [0.3, 0.4) is 0 Å². The summed E-state index contributed by atoms with van der Waals surface area (Å²) < 4.78 is 5.15. The molecule has 0 aliphatic carbocycles. The van der Waals surface area contributed by atoms with E-state index in [1.165, 1.54) is 5.56 Å². The standard InChI is InChI=1S/C15H25NO2/c1-5-14(16-10-15(17)11(2)3)12-6-8-13(18-4)9-7-12/h6-9,11,14-17H,5,10H2,1-4H3. The van der Waals surface area contributed by atoms with Gasteiger partial charge in [-0.1, -0.05) is 32.9 Å². The molecule has 0 aliphatic heterocycles. The molecule has 0 aromatic heterocycles. The Labute approximate surface area is 110 Å². The number of nitrogens with one attached hydrogen (secondary N) is 1. The molecule has 2 atom stereocenters. The summed E-state index contributed by atoms with van der Waals surface area (Å²) in [7, 11) is 1.67. The molecule has 0 amide bonds. The minimum absolute atomic E-state index is 0.282. The lowest BCUT2D eigenvalue weighted by atomic mass is 10.0. The molecule has 2 N–H and O–H groups in total. The van der Waals surface area contributed by atoms with Gasteiger partial charge in [-0.2, -0.15) is 0 Å². The van der Waals surface area contributed by atoms with E-state index in [2.05, 4.69) is 24.4 Å². The van der Waals surface area contributed by atoms with E-state index in [-0.39, 0.29) is 18.1 Å². The molecule has 3 nitrogen and oxygen atoms in total. The average molecular weight is 251 g/mol. The van der Waals surface area contributed by atoms with Gasteiger partial charge in [0.25, 0.3) is 0 Å². The van der Waals surface area contributed by atoms with Crippen LogP contribution in [0.5, 0.6) is 5.75 Å². The van der Waals surface area contributed by atoms with Crippen LogP contribution in [0.4, 0.5) is 0 Å². The highest BCUT2D eigenvalue weighted by atomic mass is 16.5. The van der Waals surface area contributed by atoms with Gasteiger partial charge in [0.15, 0.2) is 0 Å². The van der Waals surface area contributed by atoms with Crippen molar-refractivity contribution in [2.75, 3.05) is 13.7 Å². The van der Waals surface area contributed by atoms with Crippen LogP contribution in [-0.4, -0.2) is 24.9 Å². The van der Waals surface area contributed by atoms with E-state index in [9.17, 15) is 5.11 Å². The fraction of sp³-hybridized carbons (Fsp3) is 0.600. The summed E-state index contributed by atoms with van der Waals surface area (Å²) in [6.45, 7) is 6.83. The lowest BCUT2D eigenvalue weighted by Crippen LogP contribution is -2.33. The molecule has 0 spiro atoms. The van der Waals surface area contributed by atoms with Crippen molar-refractivity contribution >= 4 is 0 Å². The van der Waals surface area contributed by atoms with Crippen molar-refractivity contribution in [1.29, 1.82) is 0 Å². The van der Waals surface area contributed by atoms with Crippen LogP contribution in [0.15, 0.2) is 24.3 Å². The lowest BCUT2D eigenvalue weighted by molar-refractivity contribution is 0.120. The number of methoxy groups -OCH3 is 1. The first kappa shape index (κ1) is 15.0. The van der Waals surface area contributed by atoms with Gasteiger partial charge in [0.05, 0.1) is 13.2 Å². The molecular formula is C15H25NO2. The third-order valence-corrected chi connectivity index (χ3v) is 3.27. The van der Waals surface area contributed by atoms with Crippen molar-refractivity contribution < 1.29 is 9.84 Å². The predicted octanol–water partition coefficient (Wildman–Crippen LogP) is 2.75. The van der Waals surface area contributed by atoms with E-state index >= 15 is 0 Å². The minimum Gasteiger partial charge on any atom is -0.497 e. The third kappa shape index (κ3) is 4.31.